The van der Waals surface area contributed by atoms with E-state index in [2.05, 4.69) is 30.9 Å². The number of carbonyl (C=O) groups excluding carboxylic acids is 1. The highest BCUT2D eigenvalue weighted by atomic mass is 35.5. The quantitative estimate of drug-likeness (QED) is 0.192. The monoisotopic (exact) mass is 615 g/mol. The highest BCUT2D eigenvalue weighted by molar-refractivity contribution is 6.30. The number of aromatic nitrogens is 6. The van der Waals surface area contributed by atoms with Gasteiger partial charge in [-0.3, -0.25) is 4.79 Å². The van der Waals surface area contributed by atoms with Gasteiger partial charge >= 0.3 is 6.18 Å². The van der Waals surface area contributed by atoms with Crippen LogP contribution >= 0.6 is 11.6 Å². The third-order valence-electron chi connectivity index (χ3n) is 7.66. The number of aromatic amines is 1. The summed E-state index contributed by atoms with van der Waals surface area (Å²) in [5, 5.41) is 16.0. The van der Waals surface area contributed by atoms with Crippen LogP contribution in [-0.4, -0.2) is 36.1 Å². The van der Waals surface area contributed by atoms with Crippen LogP contribution in [0.3, 0.4) is 0 Å². The molecule has 1 aliphatic carbocycles. The lowest BCUT2D eigenvalue weighted by molar-refractivity contribution is -0.137. The average molecular weight is 616 g/mol. The molecule has 2 N–H and O–H groups in total. The summed E-state index contributed by atoms with van der Waals surface area (Å²) >= 11 is 6.08. The zero-order valence-electron chi connectivity index (χ0n) is 22.3. The summed E-state index contributed by atoms with van der Waals surface area (Å²) in [5.41, 5.74) is -0.787. The maximum Gasteiger partial charge on any atom is 0.418 e. The van der Waals surface area contributed by atoms with Crippen LogP contribution in [0.2, 0.25) is 5.02 Å². The second kappa shape index (κ2) is 11.4. The summed E-state index contributed by atoms with van der Waals surface area (Å²) in [6.07, 6.45) is -1.09. The van der Waals surface area contributed by atoms with Crippen LogP contribution in [0.25, 0.3) is 33.8 Å². The summed E-state index contributed by atoms with van der Waals surface area (Å²) < 4.78 is 73.1. The first-order valence-corrected chi connectivity index (χ1v) is 13.9. The molecular weight excluding hydrogens is 593 g/mol. The van der Waals surface area contributed by atoms with Crippen LogP contribution < -0.4 is 5.32 Å². The zero-order chi connectivity index (χ0) is 30.3. The topological polar surface area (TPSA) is 101 Å². The van der Waals surface area contributed by atoms with E-state index in [9.17, 15) is 26.7 Å². The van der Waals surface area contributed by atoms with E-state index in [-0.39, 0.29) is 34.2 Å². The second-order valence-corrected chi connectivity index (χ2v) is 10.8. The van der Waals surface area contributed by atoms with Crippen molar-refractivity contribution in [2.75, 3.05) is 5.32 Å². The molecule has 1 unspecified atom stereocenters. The standard InChI is InChI=1S/C29H23ClF5N7O/c30-18-9-6-16(7-10-18)27-36-23-13-20(31)21(32)14-24(23)42(27)25(15-4-2-1-3-5-15)28(43)37-22-11-8-17(26-38-40-41-39-26)12-19(22)29(33,34)35/h6-15,25H,1-5H2,(H,37,43)(H,38,39,40,41). The number of tetrazole rings is 1. The molecule has 2 heterocycles. The first-order valence-electron chi connectivity index (χ1n) is 13.5. The van der Waals surface area contributed by atoms with Gasteiger partial charge in [0.05, 0.1) is 22.3 Å². The van der Waals surface area contributed by atoms with Gasteiger partial charge in [-0.25, -0.2) is 13.8 Å². The number of hydrogen-bond donors (Lipinski definition) is 2. The van der Waals surface area contributed by atoms with Crippen LogP contribution in [0, 0.1) is 17.6 Å². The molecule has 8 nitrogen and oxygen atoms in total. The first-order chi connectivity index (χ1) is 20.6. The highest BCUT2D eigenvalue weighted by Crippen LogP contribution is 2.41. The van der Waals surface area contributed by atoms with Crippen molar-refractivity contribution < 1.29 is 26.7 Å². The Bertz CT molecular complexity index is 1780. The number of nitrogens with one attached hydrogen (secondary N) is 2. The number of benzene rings is 3. The predicted molar refractivity (Wildman–Crippen MR) is 149 cm³/mol. The minimum Gasteiger partial charge on any atom is -0.324 e. The maximum atomic E-state index is 14.6. The van der Waals surface area contributed by atoms with Crippen LogP contribution in [-0.2, 0) is 11.0 Å². The van der Waals surface area contributed by atoms with Crippen LogP contribution in [0.5, 0.6) is 0 Å². The summed E-state index contributed by atoms with van der Waals surface area (Å²) in [5.74, 6) is -3.14. The van der Waals surface area contributed by atoms with Crippen molar-refractivity contribution in [1.82, 2.24) is 30.2 Å². The number of rotatable bonds is 6. The number of imidazole rings is 1. The summed E-state index contributed by atoms with van der Waals surface area (Å²) in [6, 6.07) is 10.6. The van der Waals surface area contributed by atoms with Crippen molar-refractivity contribution >= 4 is 34.2 Å². The van der Waals surface area contributed by atoms with Crippen molar-refractivity contribution in [3.63, 3.8) is 0 Å². The number of amides is 1. The number of H-pyrrole nitrogens is 1. The van der Waals surface area contributed by atoms with E-state index in [4.69, 9.17) is 11.6 Å². The van der Waals surface area contributed by atoms with Gasteiger partial charge < -0.3 is 9.88 Å². The molecule has 0 bridgehead atoms. The molecule has 5 aromatic rings. The largest absolute Gasteiger partial charge is 0.418 e. The molecule has 0 spiro atoms. The fraction of sp³-hybridized carbons (Fsp3) is 0.276. The first kappa shape index (κ1) is 28.7. The second-order valence-electron chi connectivity index (χ2n) is 10.4. The van der Waals surface area contributed by atoms with E-state index in [1.165, 1.54) is 10.6 Å². The molecule has 1 atom stereocenters. The molecule has 0 saturated heterocycles. The number of fused-ring (bicyclic) bond motifs is 1. The third kappa shape index (κ3) is 5.68. The Balaban J connectivity index is 1.50. The molecule has 2 aromatic heterocycles. The Morgan fingerprint density at radius 3 is 2.35 bits per heavy atom. The molecule has 3 aromatic carbocycles. The van der Waals surface area contributed by atoms with E-state index in [0.717, 1.165) is 43.5 Å². The molecule has 1 amide bonds. The van der Waals surface area contributed by atoms with Crippen LogP contribution in [0.15, 0.2) is 54.6 Å². The molecule has 43 heavy (non-hydrogen) atoms. The van der Waals surface area contributed by atoms with Crippen molar-refractivity contribution in [2.24, 2.45) is 5.92 Å². The number of anilines is 1. The number of halogens is 6. The Hall–Kier alpha value is -4.39. The molecule has 0 radical (unpaired) electrons. The van der Waals surface area contributed by atoms with Gasteiger partial charge in [-0.1, -0.05) is 30.9 Å². The van der Waals surface area contributed by atoms with Crippen molar-refractivity contribution in [1.29, 1.82) is 0 Å². The third-order valence-corrected chi connectivity index (χ3v) is 7.92. The zero-order valence-corrected chi connectivity index (χ0v) is 23.1. The minimum absolute atomic E-state index is 0.0461. The molecule has 222 valence electrons. The van der Waals surface area contributed by atoms with Gasteiger partial charge in [0, 0.05) is 28.3 Å². The number of alkyl halides is 3. The average Bonchev–Trinajstić information content (AvgIpc) is 3.64. The molecule has 6 rings (SSSR count). The number of carbonyl (C=O) groups is 1. The van der Waals surface area contributed by atoms with Gasteiger partial charge in [-0.2, -0.15) is 18.4 Å². The molecule has 14 heteroatoms. The van der Waals surface area contributed by atoms with Crippen molar-refractivity contribution in [2.45, 2.75) is 44.3 Å². The number of hydrogen-bond acceptors (Lipinski definition) is 5. The Kier molecular flexibility index (Phi) is 7.59. The van der Waals surface area contributed by atoms with E-state index in [1.807, 2.05) is 0 Å². The lowest BCUT2D eigenvalue weighted by Crippen LogP contribution is -2.34. The van der Waals surface area contributed by atoms with E-state index in [1.54, 1.807) is 24.3 Å². The minimum atomic E-state index is -4.83. The van der Waals surface area contributed by atoms with E-state index < -0.39 is 41.0 Å². The van der Waals surface area contributed by atoms with Crippen molar-refractivity contribution in [3.05, 3.63) is 76.8 Å². The van der Waals surface area contributed by atoms with Crippen LogP contribution in [0.1, 0.15) is 43.7 Å². The number of nitrogens with zero attached hydrogens (tertiary/aromatic N) is 5. The van der Waals surface area contributed by atoms with Gasteiger partial charge in [0.2, 0.25) is 11.7 Å². The summed E-state index contributed by atoms with van der Waals surface area (Å²) in [7, 11) is 0. The summed E-state index contributed by atoms with van der Waals surface area (Å²) in [4.78, 5) is 18.7. The normalized spacial score (nSPS) is 15.1. The van der Waals surface area contributed by atoms with Gasteiger partial charge in [0.15, 0.2) is 11.6 Å². The molecule has 0 aliphatic heterocycles. The Labute approximate surface area is 246 Å². The maximum absolute atomic E-state index is 14.6. The smallest absolute Gasteiger partial charge is 0.324 e. The van der Waals surface area contributed by atoms with Gasteiger partial charge in [0.25, 0.3) is 0 Å². The van der Waals surface area contributed by atoms with Gasteiger partial charge in [-0.05, 0) is 66.4 Å². The lowest BCUT2D eigenvalue weighted by Gasteiger charge is -2.32. The fourth-order valence-corrected chi connectivity index (χ4v) is 5.81. The molecule has 1 aliphatic rings. The lowest BCUT2D eigenvalue weighted by atomic mass is 9.83. The Morgan fingerprint density at radius 2 is 1.67 bits per heavy atom. The van der Waals surface area contributed by atoms with E-state index in [0.29, 0.717) is 23.4 Å². The molecule has 1 saturated carbocycles. The SMILES string of the molecule is O=C(Nc1ccc(-c2nn[nH]n2)cc1C(F)(F)F)C(C1CCCCC1)n1c(-c2ccc(Cl)cc2)nc2cc(F)c(F)cc21. The van der Waals surface area contributed by atoms with E-state index >= 15 is 0 Å². The predicted octanol–water partition coefficient (Wildman–Crippen LogP) is 7.59. The van der Waals surface area contributed by atoms with Crippen molar-refractivity contribution in [3.8, 4) is 22.8 Å². The molecular formula is C29H23ClF5N7O. The van der Waals surface area contributed by atoms with Gasteiger partial charge in [-0.15, -0.1) is 10.2 Å². The highest BCUT2D eigenvalue weighted by Gasteiger charge is 2.38. The van der Waals surface area contributed by atoms with Crippen LogP contribution in [0.4, 0.5) is 27.6 Å². The molecule has 1 fully saturated rings. The Morgan fingerprint density at radius 1 is 0.977 bits per heavy atom. The fourth-order valence-electron chi connectivity index (χ4n) is 5.68. The summed E-state index contributed by atoms with van der Waals surface area (Å²) in [6.45, 7) is 0. The van der Waals surface area contributed by atoms with Gasteiger partial charge in [0.1, 0.15) is 11.9 Å².